The minimum absolute atomic E-state index is 0.511. The van der Waals surface area contributed by atoms with E-state index in [9.17, 15) is 0 Å². The van der Waals surface area contributed by atoms with Crippen molar-refractivity contribution in [1.29, 1.82) is 0 Å². The summed E-state index contributed by atoms with van der Waals surface area (Å²) < 4.78 is 12.8. The highest BCUT2D eigenvalue weighted by Crippen LogP contribution is 2.02. The van der Waals surface area contributed by atoms with Crippen LogP contribution in [0.15, 0.2) is 0 Å². The molecule has 0 spiro atoms. The first-order chi connectivity index (χ1) is 5.17. The van der Waals surface area contributed by atoms with Crippen LogP contribution in [-0.4, -0.2) is 40.8 Å². The highest BCUT2D eigenvalue weighted by molar-refractivity contribution is 6.40. The summed E-state index contributed by atoms with van der Waals surface area (Å²) in [6, 6.07) is 0.511. The van der Waals surface area contributed by atoms with Crippen molar-refractivity contribution in [2.45, 2.75) is 26.8 Å². The monoisotopic (exact) mass is 177 g/mol. The fraction of sp³-hybridized carbons (Fsp3) is 1.00. The van der Waals surface area contributed by atoms with Gasteiger partial charge in [-0.3, -0.25) is 4.57 Å². The fourth-order valence-electron chi connectivity index (χ4n) is 1.12. The molecule has 0 saturated heterocycles. The number of rotatable bonds is 5. The number of hydrogen-bond donors (Lipinski definition) is 0. The smallest absolute Gasteiger partial charge is 0.388 e. The van der Waals surface area contributed by atoms with E-state index >= 15 is 0 Å². The first-order valence-electron chi connectivity index (χ1n) is 3.98. The van der Waals surface area contributed by atoms with Crippen LogP contribution in [-0.2, 0) is 8.85 Å². The Kier molecular flexibility index (Phi) is 5.76. The summed E-state index contributed by atoms with van der Waals surface area (Å²) in [4.78, 5) is 0. The van der Waals surface area contributed by atoms with Gasteiger partial charge in [-0.2, -0.15) is 0 Å². The molecule has 0 aliphatic rings. The molecule has 4 heteroatoms. The Bertz CT molecular complexity index is 96.4. The van der Waals surface area contributed by atoms with Crippen molar-refractivity contribution >= 4 is 9.45 Å². The molecule has 68 valence electrons. The highest BCUT2D eigenvalue weighted by Gasteiger charge is 2.21. The molecule has 0 aromatic heterocycles. The lowest BCUT2D eigenvalue weighted by Gasteiger charge is -2.29. The molecular formula is C7H19NO2Si. The van der Waals surface area contributed by atoms with Gasteiger partial charge in [-0.15, -0.1) is 0 Å². The van der Waals surface area contributed by atoms with E-state index in [0.717, 1.165) is 6.54 Å². The Morgan fingerprint density at radius 1 is 1.27 bits per heavy atom. The molecule has 0 N–H and O–H groups in total. The maximum atomic E-state index is 5.26. The van der Waals surface area contributed by atoms with E-state index in [2.05, 4.69) is 25.3 Å². The normalized spacial score (nSPS) is 12.0. The molecule has 0 aromatic rings. The minimum Gasteiger partial charge on any atom is -0.388 e. The van der Waals surface area contributed by atoms with Gasteiger partial charge in [0.2, 0.25) is 0 Å². The molecule has 0 aliphatic carbocycles. The lowest BCUT2D eigenvalue weighted by Crippen LogP contribution is -2.46. The maximum Gasteiger partial charge on any atom is 0.410 e. The van der Waals surface area contributed by atoms with Crippen molar-refractivity contribution in [1.82, 2.24) is 4.57 Å². The minimum atomic E-state index is -1.53. The van der Waals surface area contributed by atoms with Crippen molar-refractivity contribution in [2.24, 2.45) is 0 Å². The molecule has 3 nitrogen and oxygen atoms in total. The number of hydrogen-bond acceptors (Lipinski definition) is 3. The van der Waals surface area contributed by atoms with E-state index in [1.807, 2.05) is 0 Å². The molecule has 0 heterocycles. The molecule has 0 amide bonds. The van der Waals surface area contributed by atoms with Crippen LogP contribution in [0.5, 0.6) is 0 Å². The standard InChI is InChI=1S/C7H19NO2Si/c1-6-8(7(2)3)11(9-4)10-5/h7,11H,6H2,1-5H3. The van der Waals surface area contributed by atoms with Gasteiger partial charge in [0.05, 0.1) is 0 Å². The van der Waals surface area contributed by atoms with Gasteiger partial charge in [0.25, 0.3) is 0 Å². The Morgan fingerprint density at radius 3 is 1.82 bits per heavy atom. The van der Waals surface area contributed by atoms with E-state index < -0.39 is 9.45 Å². The van der Waals surface area contributed by atoms with Gasteiger partial charge in [-0.05, 0) is 6.54 Å². The van der Waals surface area contributed by atoms with E-state index in [1.54, 1.807) is 14.2 Å². The second-order valence-corrected chi connectivity index (χ2v) is 4.92. The van der Waals surface area contributed by atoms with Gasteiger partial charge in [-0.1, -0.05) is 20.8 Å². The van der Waals surface area contributed by atoms with Crippen LogP contribution >= 0.6 is 0 Å². The largest absolute Gasteiger partial charge is 0.410 e. The topological polar surface area (TPSA) is 21.7 Å². The van der Waals surface area contributed by atoms with Crippen LogP contribution in [0.3, 0.4) is 0 Å². The Balaban J connectivity index is 3.98. The molecule has 0 radical (unpaired) electrons. The van der Waals surface area contributed by atoms with Crippen molar-refractivity contribution in [2.75, 3.05) is 20.8 Å². The third-order valence-corrected chi connectivity index (χ3v) is 4.01. The third kappa shape index (κ3) is 3.33. The Hall–Kier alpha value is 0.0969. The first-order valence-corrected chi connectivity index (χ1v) is 5.44. The van der Waals surface area contributed by atoms with Crippen LogP contribution in [0, 0.1) is 0 Å². The van der Waals surface area contributed by atoms with Crippen molar-refractivity contribution in [3.63, 3.8) is 0 Å². The predicted octanol–water partition coefficient (Wildman–Crippen LogP) is 0.727. The van der Waals surface area contributed by atoms with Gasteiger partial charge in [0.15, 0.2) is 0 Å². The van der Waals surface area contributed by atoms with Gasteiger partial charge < -0.3 is 8.85 Å². The lowest BCUT2D eigenvalue weighted by atomic mass is 10.4. The molecular weight excluding hydrogens is 158 g/mol. The van der Waals surface area contributed by atoms with Gasteiger partial charge in [0.1, 0.15) is 0 Å². The molecule has 0 atom stereocenters. The van der Waals surface area contributed by atoms with Gasteiger partial charge in [0, 0.05) is 20.3 Å². The molecule has 0 unspecified atom stereocenters. The molecule has 0 bridgehead atoms. The zero-order chi connectivity index (χ0) is 8.85. The third-order valence-electron chi connectivity index (χ3n) is 1.70. The molecule has 0 aromatic carbocycles. The summed E-state index contributed by atoms with van der Waals surface area (Å²) >= 11 is 0. The van der Waals surface area contributed by atoms with Gasteiger partial charge in [-0.25, -0.2) is 0 Å². The quantitative estimate of drug-likeness (QED) is 0.578. The maximum absolute atomic E-state index is 5.26. The summed E-state index contributed by atoms with van der Waals surface area (Å²) in [5.41, 5.74) is 0. The Labute approximate surface area is 71.2 Å². The van der Waals surface area contributed by atoms with Crippen molar-refractivity contribution in [3.05, 3.63) is 0 Å². The Morgan fingerprint density at radius 2 is 1.73 bits per heavy atom. The van der Waals surface area contributed by atoms with Crippen LogP contribution < -0.4 is 0 Å². The first kappa shape index (κ1) is 11.1. The average molecular weight is 177 g/mol. The van der Waals surface area contributed by atoms with Crippen LogP contribution in [0.25, 0.3) is 0 Å². The summed E-state index contributed by atoms with van der Waals surface area (Å²) in [5.74, 6) is 0. The van der Waals surface area contributed by atoms with Crippen molar-refractivity contribution in [3.8, 4) is 0 Å². The second kappa shape index (κ2) is 5.71. The van der Waals surface area contributed by atoms with Crippen LogP contribution in [0.2, 0.25) is 0 Å². The molecule has 0 saturated carbocycles. The second-order valence-electron chi connectivity index (χ2n) is 2.70. The van der Waals surface area contributed by atoms with Gasteiger partial charge >= 0.3 is 9.45 Å². The fourth-order valence-corrected chi connectivity index (χ4v) is 2.64. The van der Waals surface area contributed by atoms with E-state index in [1.165, 1.54) is 0 Å². The van der Waals surface area contributed by atoms with E-state index in [0.29, 0.717) is 6.04 Å². The summed E-state index contributed by atoms with van der Waals surface area (Å²) in [7, 11) is 1.90. The lowest BCUT2D eigenvalue weighted by molar-refractivity contribution is 0.184. The highest BCUT2D eigenvalue weighted by atomic mass is 28.3. The SMILES string of the molecule is CCN(C(C)C)[SiH](OC)OC. The molecule has 0 rings (SSSR count). The van der Waals surface area contributed by atoms with Crippen LogP contribution in [0.1, 0.15) is 20.8 Å². The van der Waals surface area contributed by atoms with E-state index in [4.69, 9.17) is 8.85 Å². The van der Waals surface area contributed by atoms with Crippen LogP contribution in [0.4, 0.5) is 0 Å². The molecule has 0 aliphatic heterocycles. The zero-order valence-corrected chi connectivity index (χ0v) is 9.28. The zero-order valence-electron chi connectivity index (χ0n) is 8.13. The predicted molar refractivity (Wildman–Crippen MR) is 48.7 cm³/mol. The number of nitrogens with zero attached hydrogens (tertiary/aromatic N) is 1. The summed E-state index contributed by atoms with van der Waals surface area (Å²) in [5, 5.41) is 0. The van der Waals surface area contributed by atoms with Crippen molar-refractivity contribution < 1.29 is 8.85 Å². The summed E-state index contributed by atoms with van der Waals surface area (Å²) in [6.45, 7) is 7.43. The average Bonchev–Trinajstić information content (AvgIpc) is 1.99. The molecule has 11 heavy (non-hydrogen) atoms. The van der Waals surface area contributed by atoms with E-state index in [-0.39, 0.29) is 0 Å². The summed E-state index contributed by atoms with van der Waals surface area (Å²) in [6.07, 6.45) is 0. The molecule has 0 fully saturated rings.